The number of amides is 3. The minimum absolute atomic E-state index is 0.0618. The first-order valence-electron chi connectivity index (χ1n) is 4.14. The lowest BCUT2D eigenvalue weighted by atomic mass is 10.3. The standard InChI is InChI=1S/C9H9N3O2/c10-11-6-8(13)12(9(11)14)7-4-2-1-3-5-7/h1-5H,6,10H2. The maximum atomic E-state index is 11.4. The third-order valence-corrected chi connectivity index (χ3v) is 2.01. The second kappa shape index (κ2) is 3.12. The van der Waals surface area contributed by atoms with Gasteiger partial charge in [0, 0.05) is 0 Å². The van der Waals surface area contributed by atoms with E-state index >= 15 is 0 Å². The normalized spacial score (nSPS) is 16.6. The summed E-state index contributed by atoms with van der Waals surface area (Å²) < 4.78 is 0. The number of benzene rings is 1. The Hall–Kier alpha value is -1.88. The monoisotopic (exact) mass is 191 g/mol. The summed E-state index contributed by atoms with van der Waals surface area (Å²) >= 11 is 0. The molecule has 0 aromatic heterocycles. The van der Waals surface area contributed by atoms with Crippen LogP contribution in [0.3, 0.4) is 0 Å². The van der Waals surface area contributed by atoms with Gasteiger partial charge in [0.2, 0.25) is 0 Å². The number of hydrogen-bond donors (Lipinski definition) is 1. The number of para-hydroxylation sites is 1. The van der Waals surface area contributed by atoms with Crippen LogP contribution in [0, 0.1) is 0 Å². The molecule has 1 aliphatic rings. The predicted octanol–water partition coefficient (Wildman–Crippen LogP) is 0.329. The number of anilines is 1. The highest BCUT2D eigenvalue weighted by Crippen LogP contribution is 2.18. The fourth-order valence-electron chi connectivity index (χ4n) is 1.35. The van der Waals surface area contributed by atoms with Crippen LogP contribution in [0.2, 0.25) is 0 Å². The van der Waals surface area contributed by atoms with Crippen LogP contribution in [-0.4, -0.2) is 23.5 Å². The van der Waals surface area contributed by atoms with E-state index in [1.54, 1.807) is 24.3 Å². The molecule has 1 heterocycles. The fraction of sp³-hybridized carbons (Fsp3) is 0.111. The van der Waals surface area contributed by atoms with E-state index in [2.05, 4.69) is 0 Å². The number of imide groups is 1. The summed E-state index contributed by atoms with van der Waals surface area (Å²) in [5.41, 5.74) is 0.551. The van der Waals surface area contributed by atoms with E-state index in [1.165, 1.54) is 0 Å². The van der Waals surface area contributed by atoms with Crippen LogP contribution in [0.4, 0.5) is 10.5 Å². The third kappa shape index (κ3) is 1.23. The molecule has 0 radical (unpaired) electrons. The lowest BCUT2D eigenvalue weighted by Gasteiger charge is -2.13. The molecule has 1 saturated heterocycles. The zero-order valence-electron chi connectivity index (χ0n) is 7.38. The second-order valence-corrected chi connectivity index (χ2v) is 2.98. The highest BCUT2D eigenvalue weighted by atomic mass is 16.2. The number of carbonyl (C=O) groups is 2. The minimum atomic E-state index is -0.485. The summed E-state index contributed by atoms with van der Waals surface area (Å²) in [7, 11) is 0. The SMILES string of the molecule is NN1CC(=O)N(c2ccccc2)C1=O. The van der Waals surface area contributed by atoms with Crippen LogP contribution >= 0.6 is 0 Å². The number of rotatable bonds is 1. The highest BCUT2D eigenvalue weighted by Gasteiger charge is 2.35. The third-order valence-electron chi connectivity index (χ3n) is 2.01. The molecule has 14 heavy (non-hydrogen) atoms. The van der Waals surface area contributed by atoms with Gasteiger partial charge in [-0.25, -0.2) is 15.5 Å². The van der Waals surface area contributed by atoms with Gasteiger partial charge in [0.15, 0.2) is 0 Å². The Morgan fingerprint density at radius 1 is 1.14 bits per heavy atom. The van der Waals surface area contributed by atoms with Gasteiger partial charge in [-0.05, 0) is 12.1 Å². The Balaban J connectivity index is 2.36. The molecule has 0 unspecified atom stereocenters. The van der Waals surface area contributed by atoms with Crippen molar-refractivity contribution in [3.63, 3.8) is 0 Å². The van der Waals surface area contributed by atoms with E-state index in [4.69, 9.17) is 5.84 Å². The van der Waals surface area contributed by atoms with E-state index in [-0.39, 0.29) is 12.5 Å². The summed E-state index contributed by atoms with van der Waals surface area (Å²) in [6.45, 7) is -0.0618. The van der Waals surface area contributed by atoms with Gasteiger partial charge >= 0.3 is 6.03 Å². The summed E-state index contributed by atoms with van der Waals surface area (Å²) in [6.07, 6.45) is 0. The molecule has 0 aliphatic carbocycles. The molecule has 5 heteroatoms. The zero-order valence-corrected chi connectivity index (χ0v) is 7.38. The van der Waals surface area contributed by atoms with Gasteiger partial charge in [-0.2, -0.15) is 0 Å². The van der Waals surface area contributed by atoms with Crippen LogP contribution in [-0.2, 0) is 4.79 Å². The summed E-state index contributed by atoms with van der Waals surface area (Å²) in [4.78, 5) is 23.9. The molecule has 1 aliphatic heterocycles. The summed E-state index contributed by atoms with van der Waals surface area (Å²) in [5, 5.41) is 0.898. The van der Waals surface area contributed by atoms with E-state index < -0.39 is 6.03 Å². The van der Waals surface area contributed by atoms with E-state index in [1.807, 2.05) is 6.07 Å². The number of carbonyl (C=O) groups excluding carboxylic acids is 2. The van der Waals surface area contributed by atoms with Gasteiger partial charge in [-0.3, -0.25) is 9.80 Å². The molecule has 2 N–H and O–H groups in total. The van der Waals surface area contributed by atoms with Crippen molar-refractivity contribution in [1.29, 1.82) is 0 Å². The molecule has 1 fully saturated rings. The first kappa shape index (κ1) is 8.71. The van der Waals surface area contributed by atoms with Gasteiger partial charge < -0.3 is 0 Å². The van der Waals surface area contributed by atoms with Gasteiger partial charge in [0.25, 0.3) is 5.91 Å². The number of nitrogens with zero attached hydrogens (tertiary/aromatic N) is 2. The predicted molar refractivity (Wildman–Crippen MR) is 50.2 cm³/mol. The summed E-state index contributed by atoms with van der Waals surface area (Å²) in [6, 6.07) is 8.23. The fourth-order valence-corrected chi connectivity index (χ4v) is 1.35. The number of hydrazine groups is 1. The molecule has 0 bridgehead atoms. The van der Waals surface area contributed by atoms with E-state index in [9.17, 15) is 9.59 Å². The highest BCUT2D eigenvalue weighted by molar-refractivity contribution is 6.19. The molecule has 0 saturated carbocycles. The van der Waals surface area contributed by atoms with Gasteiger partial charge in [-0.1, -0.05) is 18.2 Å². The van der Waals surface area contributed by atoms with Crippen molar-refractivity contribution in [2.24, 2.45) is 5.84 Å². The van der Waals surface area contributed by atoms with Gasteiger partial charge in [0.1, 0.15) is 6.54 Å². The Bertz CT molecular complexity index is 377. The van der Waals surface area contributed by atoms with Crippen LogP contribution in [0.1, 0.15) is 0 Å². The molecule has 1 aromatic carbocycles. The van der Waals surface area contributed by atoms with E-state index in [0.29, 0.717) is 5.69 Å². The Labute approximate surface area is 80.7 Å². The average Bonchev–Trinajstić information content (AvgIpc) is 2.43. The van der Waals surface area contributed by atoms with Gasteiger partial charge in [0.05, 0.1) is 5.69 Å². The average molecular weight is 191 g/mol. The molecule has 2 rings (SSSR count). The molecular weight excluding hydrogens is 182 g/mol. The first-order chi connectivity index (χ1) is 6.70. The topological polar surface area (TPSA) is 66.6 Å². The summed E-state index contributed by atoms with van der Waals surface area (Å²) in [5.74, 6) is 5.02. The smallest absolute Gasteiger partial charge is 0.272 e. The second-order valence-electron chi connectivity index (χ2n) is 2.98. The van der Waals surface area contributed by atoms with Crippen molar-refractivity contribution < 1.29 is 9.59 Å². The number of nitrogens with two attached hydrogens (primary N) is 1. The van der Waals surface area contributed by atoms with E-state index in [0.717, 1.165) is 9.91 Å². The van der Waals surface area contributed by atoms with Crippen LogP contribution in [0.5, 0.6) is 0 Å². The number of urea groups is 1. The van der Waals surface area contributed by atoms with Crippen LogP contribution < -0.4 is 10.7 Å². The Morgan fingerprint density at radius 3 is 2.29 bits per heavy atom. The van der Waals surface area contributed by atoms with Crippen molar-refractivity contribution in [1.82, 2.24) is 5.01 Å². The van der Waals surface area contributed by atoms with Crippen molar-refractivity contribution in [2.75, 3.05) is 11.4 Å². The maximum absolute atomic E-state index is 11.4. The molecule has 1 aromatic rings. The number of hydrogen-bond acceptors (Lipinski definition) is 3. The molecule has 0 atom stereocenters. The molecule has 5 nitrogen and oxygen atoms in total. The molecule has 72 valence electrons. The minimum Gasteiger partial charge on any atom is -0.272 e. The van der Waals surface area contributed by atoms with Crippen LogP contribution in [0.15, 0.2) is 30.3 Å². The quantitative estimate of drug-likeness (QED) is 0.395. The molecule has 0 spiro atoms. The largest absolute Gasteiger partial charge is 0.346 e. The Morgan fingerprint density at radius 2 is 1.79 bits per heavy atom. The van der Waals surface area contributed by atoms with Crippen molar-refractivity contribution in [3.8, 4) is 0 Å². The molecule has 3 amide bonds. The van der Waals surface area contributed by atoms with Crippen molar-refractivity contribution in [3.05, 3.63) is 30.3 Å². The first-order valence-corrected chi connectivity index (χ1v) is 4.14. The Kier molecular flexibility index (Phi) is 1.94. The van der Waals surface area contributed by atoms with Gasteiger partial charge in [-0.15, -0.1) is 0 Å². The maximum Gasteiger partial charge on any atom is 0.346 e. The van der Waals surface area contributed by atoms with Crippen molar-refractivity contribution in [2.45, 2.75) is 0 Å². The molecular formula is C9H9N3O2. The van der Waals surface area contributed by atoms with Crippen molar-refractivity contribution >= 4 is 17.6 Å². The lowest BCUT2D eigenvalue weighted by Crippen LogP contribution is -2.36. The lowest BCUT2D eigenvalue weighted by molar-refractivity contribution is -0.116. The van der Waals surface area contributed by atoms with Crippen LogP contribution in [0.25, 0.3) is 0 Å². The zero-order chi connectivity index (χ0) is 10.1.